The van der Waals surface area contributed by atoms with Crippen molar-refractivity contribution in [3.63, 3.8) is 0 Å². The van der Waals surface area contributed by atoms with Crippen LogP contribution in [0.3, 0.4) is 0 Å². The molecule has 0 aromatic heterocycles. The lowest BCUT2D eigenvalue weighted by Gasteiger charge is -2.38. The number of ether oxygens (including phenoxy) is 2. The van der Waals surface area contributed by atoms with Gasteiger partial charge in [-0.2, -0.15) is 0 Å². The van der Waals surface area contributed by atoms with E-state index in [1.165, 1.54) is 4.31 Å². The molecule has 0 saturated heterocycles. The zero-order valence-electron chi connectivity index (χ0n) is 25.7. The SMILES string of the molecule is COCOCC#CCCN(C#C[C@H](C)C[C@H](C)C#C[Si](C(C)C)(C(C)C)C(C)C)S(=O)(=O)c1ccc(C)cc1. The quantitative estimate of drug-likeness (QED) is 0.0906. The molecule has 0 amide bonds. The minimum atomic E-state index is -3.78. The van der Waals surface area contributed by atoms with Crippen LogP contribution < -0.4 is 0 Å². The summed E-state index contributed by atoms with van der Waals surface area (Å²) < 4.78 is 38.0. The smallest absolute Gasteiger partial charge is 0.271 e. The maximum Gasteiger partial charge on any atom is 0.271 e. The Hall–Kier alpha value is -2.21. The Labute approximate surface area is 240 Å². The van der Waals surface area contributed by atoms with Crippen LogP contribution in [0, 0.1) is 54.0 Å². The van der Waals surface area contributed by atoms with Gasteiger partial charge in [0.1, 0.15) is 21.5 Å². The van der Waals surface area contributed by atoms with Gasteiger partial charge < -0.3 is 9.47 Å². The van der Waals surface area contributed by atoms with Crippen LogP contribution in [0.25, 0.3) is 0 Å². The standard InChI is InChI=1S/C32H49NO4SSi/c1-26(2)39(27(3)4,28(5)6)23-19-31(9)24-30(8)18-21-33(20-12-11-13-22-37-25-36-10)38(34,35)32-16-14-29(7)15-17-32/h14-17,26-28,30-31H,12,20,22,24-25H2,1-10H3/t30-,31+/m0/s1. The van der Waals surface area contributed by atoms with Crippen molar-refractivity contribution in [3.8, 4) is 35.3 Å². The molecule has 0 radical (unpaired) electrons. The molecule has 0 fully saturated rings. The first-order valence-electron chi connectivity index (χ1n) is 13.9. The lowest BCUT2D eigenvalue weighted by molar-refractivity contribution is -0.0166. The fourth-order valence-corrected chi connectivity index (χ4v) is 11.7. The minimum Gasteiger partial charge on any atom is -0.359 e. The average Bonchev–Trinajstić information content (AvgIpc) is 2.85. The Kier molecular flexibility index (Phi) is 15.0. The zero-order valence-corrected chi connectivity index (χ0v) is 27.5. The van der Waals surface area contributed by atoms with Crippen LogP contribution in [-0.2, 0) is 19.5 Å². The van der Waals surface area contributed by atoms with Crippen LogP contribution >= 0.6 is 0 Å². The molecular weight excluding hydrogens is 523 g/mol. The van der Waals surface area contributed by atoms with Crippen molar-refractivity contribution in [1.82, 2.24) is 4.31 Å². The Bertz CT molecular complexity index is 1150. The Morgan fingerprint density at radius 3 is 1.97 bits per heavy atom. The molecule has 0 bridgehead atoms. The van der Waals surface area contributed by atoms with Crippen molar-refractivity contribution < 1.29 is 17.9 Å². The highest BCUT2D eigenvalue weighted by atomic mass is 32.2. The Morgan fingerprint density at radius 1 is 0.872 bits per heavy atom. The van der Waals surface area contributed by atoms with Gasteiger partial charge in [-0.25, -0.2) is 12.7 Å². The number of aryl methyl sites for hydroxylation is 1. The largest absolute Gasteiger partial charge is 0.359 e. The van der Waals surface area contributed by atoms with Gasteiger partial charge in [0.15, 0.2) is 0 Å². The van der Waals surface area contributed by atoms with Gasteiger partial charge in [-0.15, -0.1) is 11.5 Å². The second kappa shape index (κ2) is 16.8. The van der Waals surface area contributed by atoms with Crippen LogP contribution in [0.2, 0.25) is 16.6 Å². The van der Waals surface area contributed by atoms with Gasteiger partial charge in [-0.1, -0.05) is 90.8 Å². The predicted octanol–water partition coefficient (Wildman–Crippen LogP) is 6.84. The van der Waals surface area contributed by atoms with Crippen molar-refractivity contribution in [2.45, 2.75) is 96.7 Å². The molecule has 1 rings (SSSR count). The highest BCUT2D eigenvalue weighted by Gasteiger charge is 2.41. The topological polar surface area (TPSA) is 55.8 Å². The summed E-state index contributed by atoms with van der Waals surface area (Å²) in [6.07, 6.45) is 1.13. The molecule has 5 nitrogen and oxygen atoms in total. The summed E-state index contributed by atoms with van der Waals surface area (Å²) in [5.74, 6) is 12.8. The highest BCUT2D eigenvalue weighted by molar-refractivity contribution is 7.89. The molecule has 0 saturated carbocycles. The van der Waals surface area contributed by atoms with Gasteiger partial charge >= 0.3 is 0 Å². The van der Waals surface area contributed by atoms with E-state index in [2.05, 4.69) is 83.7 Å². The second-order valence-corrected chi connectivity index (χ2v) is 18.7. The van der Waals surface area contributed by atoms with E-state index in [-0.39, 0.29) is 36.7 Å². The van der Waals surface area contributed by atoms with E-state index in [0.717, 1.165) is 12.0 Å². The lowest BCUT2D eigenvalue weighted by atomic mass is 9.99. The van der Waals surface area contributed by atoms with Gasteiger partial charge in [0.25, 0.3) is 10.0 Å². The number of rotatable bonds is 12. The molecule has 7 heteroatoms. The Balaban J connectivity index is 3.11. The molecule has 0 unspecified atom stereocenters. The summed E-state index contributed by atoms with van der Waals surface area (Å²) in [5, 5.41) is 0. The van der Waals surface area contributed by atoms with E-state index in [1.807, 2.05) is 13.8 Å². The summed E-state index contributed by atoms with van der Waals surface area (Å²) in [6.45, 7) is 20.6. The van der Waals surface area contributed by atoms with Gasteiger partial charge in [0, 0.05) is 31.4 Å². The first kappa shape index (κ1) is 34.8. The molecule has 1 aromatic carbocycles. The zero-order chi connectivity index (χ0) is 29.6. The maximum absolute atomic E-state index is 13.4. The molecular formula is C32H49NO4SSi. The van der Waals surface area contributed by atoms with Gasteiger partial charge in [0.2, 0.25) is 0 Å². The molecule has 0 aliphatic rings. The molecule has 0 heterocycles. The van der Waals surface area contributed by atoms with Gasteiger partial charge in [0.05, 0.1) is 11.4 Å². The van der Waals surface area contributed by atoms with Crippen LogP contribution in [0.15, 0.2) is 29.2 Å². The molecule has 0 aliphatic heterocycles. The van der Waals surface area contributed by atoms with E-state index < -0.39 is 18.1 Å². The fraction of sp³-hybridized carbons (Fsp3) is 0.625. The van der Waals surface area contributed by atoms with E-state index in [4.69, 9.17) is 9.47 Å². The molecule has 1 aromatic rings. The van der Waals surface area contributed by atoms with Crippen LogP contribution in [0.5, 0.6) is 0 Å². The van der Waals surface area contributed by atoms with Crippen molar-refractivity contribution in [2.24, 2.45) is 11.8 Å². The number of nitrogens with zero attached hydrogens (tertiary/aromatic N) is 1. The van der Waals surface area contributed by atoms with Crippen LogP contribution in [-0.4, -0.2) is 47.9 Å². The van der Waals surface area contributed by atoms with E-state index in [1.54, 1.807) is 31.4 Å². The average molecular weight is 572 g/mol. The van der Waals surface area contributed by atoms with Crippen molar-refractivity contribution in [2.75, 3.05) is 27.1 Å². The summed E-state index contributed by atoms with van der Waals surface area (Å²) in [5.41, 5.74) is 6.57. The van der Waals surface area contributed by atoms with Crippen molar-refractivity contribution in [1.29, 1.82) is 0 Å². The number of hydrogen-bond acceptors (Lipinski definition) is 4. The van der Waals surface area contributed by atoms with E-state index in [0.29, 0.717) is 23.0 Å². The fourth-order valence-electron chi connectivity index (χ4n) is 5.06. The second-order valence-electron chi connectivity index (χ2n) is 11.2. The molecule has 0 N–H and O–H groups in total. The summed E-state index contributed by atoms with van der Waals surface area (Å²) >= 11 is 0. The normalized spacial score (nSPS) is 13.2. The van der Waals surface area contributed by atoms with Crippen LogP contribution in [0.4, 0.5) is 0 Å². The molecule has 39 heavy (non-hydrogen) atoms. The summed E-state index contributed by atoms with van der Waals surface area (Å²) in [7, 11) is -4.02. The maximum atomic E-state index is 13.4. The molecule has 216 valence electrons. The van der Waals surface area contributed by atoms with E-state index >= 15 is 0 Å². The predicted molar refractivity (Wildman–Crippen MR) is 165 cm³/mol. The number of methoxy groups -OCH3 is 1. The molecule has 2 atom stereocenters. The van der Waals surface area contributed by atoms with E-state index in [9.17, 15) is 8.42 Å². The Morgan fingerprint density at radius 2 is 1.44 bits per heavy atom. The van der Waals surface area contributed by atoms with Crippen molar-refractivity contribution in [3.05, 3.63) is 29.8 Å². The number of benzene rings is 1. The number of hydrogen-bond donors (Lipinski definition) is 0. The first-order valence-corrected chi connectivity index (χ1v) is 17.6. The first-order chi connectivity index (χ1) is 18.3. The van der Waals surface area contributed by atoms with Gasteiger partial charge in [-0.05, 0) is 42.1 Å². The van der Waals surface area contributed by atoms with Gasteiger partial charge in [-0.3, -0.25) is 0 Å². The molecule has 0 spiro atoms. The van der Waals surface area contributed by atoms with Crippen LogP contribution in [0.1, 0.15) is 73.8 Å². The lowest BCUT2D eigenvalue weighted by Crippen LogP contribution is -2.43. The van der Waals surface area contributed by atoms with Crippen molar-refractivity contribution >= 4 is 18.1 Å². The molecule has 0 aliphatic carbocycles. The summed E-state index contributed by atoms with van der Waals surface area (Å²) in [4.78, 5) is 0.225. The summed E-state index contributed by atoms with van der Waals surface area (Å²) in [6, 6.07) is 9.79. The third kappa shape index (κ3) is 10.7. The third-order valence-corrected chi connectivity index (χ3v) is 15.1. The number of sulfonamides is 1. The highest BCUT2D eigenvalue weighted by Crippen LogP contribution is 2.40. The monoisotopic (exact) mass is 571 g/mol. The minimum absolute atomic E-state index is 0.00763. The third-order valence-electron chi connectivity index (χ3n) is 7.09.